The van der Waals surface area contributed by atoms with Crippen LogP contribution in [0.5, 0.6) is 0 Å². The van der Waals surface area contributed by atoms with Gasteiger partial charge in [-0.25, -0.2) is 9.97 Å². The normalized spacial score (nSPS) is 11.6. The van der Waals surface area contributed by atoms with Crippen LogP contribution in [0.2, 0.25) is 0 Å². The minimum Gasteiger partial charge on any atom is -0.369 e. The minimum atomic E-state index is -0.584. The standard InChI is InChI=1S/C27H37FN8O2/c1-6-15-29-25-21(18-32-27(34-25)33-22-13-14-23(28)31-19-22)11-8-7-9-16-30-26(38)20(2)36(5)24(37)12-10-17-35(3)4/h10,12-14,18-20H,6-7,9,15-17H2,1-5H3,(H,30,38)(H2,29,32,33,34)/t20-/m0/s1. The predicted molar refractivity (Wildman–Crippen MR) is 147 cm³/mol. The van der Waals surface area contributed by atoms with Gasteiger partial charge in [0.2, 0.25) is 23.7 Å². The number of pyridine rings is 1. The number of likely N-dealkylation sites (N-methyl/N-ethyl adjacent to an activating group) is 2. The fourth-order valence-corrected chi connectivity index (χ4v) is 3.03. The number of unbranched alkanes of at least 4 members (excludes halogenated alkanes) is 1. The topological polar surface area (TPSA) is 115 Å². The largest absolute Gasteiger partial charge is 0.369 e. The second-order valence-electron chi connectivity index (χ2n) is 8.86. The van der Waals surface area contributed by atoms with Crippen molar-refractivity contribution in [3.63, 3.8) is 0 Å². The maximum Gasteiger partial charge on any atom is 0.246 e. The van der Waals surface area contributed by atoms with Crippen LogP contribution in [0.3, 0.4) is 0 Å². The first-order valence-corrected chi connectivity index (χ1v) is 12.5. The Morgan fingerprint density at radius 2 is 1.95 bits per heavy atom. The van der Waals surface area contributed by atoms with Gasteiger partial charge in [0.1, 0.15) is 11.9 Å². The lowest BCUT2D eigenvalue weighted by Gasteiger charge is -2.23. The van der Waals surface area contributed by atoms with Gasteiger partial charge < -0.3 is 25.8 Å². The van der Waals surface area contributed by atoms with Crippen molar-refractivity contribution < 1.29 is 14.0 Å². The van der Waals surface area contributed by atoms with Crippen LogP contribution >= 0.6 is 0 Å². The summed E-state index contributed by atoms with van der Waals surface area (Å²) in [6, 6.07) is 2.22. The molecule has 0 fully saturated rings. The second kappa shape index (κ2) is 15.9. The molecule has 10 nitrogen and oxygen atoms in total. The molecule has 0 bridgehead atoms. The number of aromatic nitrogens is 3. The zero-order valence-corrected chi connectivity index (χ0v) is 22.7. The predicted octanol–water partition coefficient (Wildman–Crippen LogP) is 2.79. The number of rotatable bonds is 13. The Labute approximate surface area is 224 Å². The smallest absolute Gasteiger partial charge is 0.246 e. The Balaban J connectivity index is 1.87. The van der Waals surface area contributed by atoms with Gasteiger partial charge in [-0.2, -0.15) is 9.37 Å². The van der Waals surface area contributed by atoms with Crippen molar-refractivity contribution >= 4 is 29.3 Å². The minimum absolute atomic E-state index is 0.214. The SMILES string of the molecule is CCCNc1nc(Nc2ccc(F)nc2)ncc1C#CCCCNC(=O)[C@H](C)N(C)C(=O)C=CCN(C)C. The van der Waals surface area contributed by atoms with E-state index in [-0.39, 0.29) is 11.8 Å². The lowest BCUT2D eigenvalue weighted by Crippen LogP contribution is -2.45. The Kier molecular flexibility index (Phi) is 12.7. The molecule has 204 valence electrons. The Hall–Kier alpha value is -4.04. The molecule has 0 aliphatic heterocycles. The van der Waals surface area contributed by atoms with Gasteiger partial charge in [0.05, 0.1) is 23.6 Å². The molecule has 2 rings (SSSR count). The number of hydrogen-bond donors (Lipinski definition) is 3. The molecule has 0 aromatic carbocycles. The van der Waals surface area contributed by atoms with E-state index in [1.807, 2.05) is 25.9 Å². The first-order chi connectivity index (χ1) is 18.2. The van der Waals surface area contributed by atoms with Crippen LogP contribution in [0.1, 0.15) is 38.7 Å². The summed E-state index contributed by atoms with van der Waals surface area (Å²) in [7, 11) is 5.44. The zero-order valence-electron chi connectivity index (χ0n) is 22.7. The summed E-state index contributed by atoms with van der Waals surface area (Å²) in [4.78, 5) is 40.4. The third-order valence-electron chi connectivity index (χ3n) is 5.35. The molecule has 0 radical (unpaired) electrons. The highest BCUT2D eigenvalue weighted by Crippen LogP contribution is 2.17. The molecule has 11 heteroatoms. The number of carbonyl (C=O) groups excluding carboxylic acids is 2. The van der Waals surface area contributed by atoms with E-state index in [9.17, 15) is 14.0 Å². The Bertz CT molecular complexity index is 1140. The van der Waals surface area contributed by atoms with Gasteiger partial charge in [0.25, 0.3) is 0 Å². The average molecular weight is 525 g/mol. The van der Waals surface area contributed by atoms with Crippen molar-refractivity contribution in [3.05, 3.63) is 48.2 Å². The number of nitrogens with zero attached hydrogens (tertiary/aromatic N) is 5. The van der Waals surface area contributed by atoms with Crippen LogP contribution in [0.4, 0.5) is 21.8 Å². The third-order valence-corrected chi connectivity index (χ3v) is 5.35. The van der Waals surface area contributed by atoms with Crippen molar-refractivity contribution in [2.24, 2.45) is 0 Å². The van der Waals surface area contributed by atoms with E-state index in [0.717, 1.165) is 13.0 Å². The van der Waals surface area contributed by atoms with Crippen LogP contribution < -0.4 is 16.0 Å². The molecule has 2 amide bonds. The van der Waals surface area contributed by atoms with Gasteiger partial charge in [-0.15, -0.1) is 0 Å². The van der Waals surface area contributed by atoms with Crippen LogP contribution in [-0.2, 0) is 9.59 Å². The number of nitrogens with one attached hydrogen (secondary N) is 3. The number of carbonyl (C=O) groups is 2. The molecule has 38 heavy (non-hydrogen) atoms. The molecule has 2 aromatic heterocycles. The van der Waals surface area contributed by atoms with Crippen LogP contribution in [-0.4, -0.2) is 83.4 Å². The van der Waals surface area contributed by atoms with E-state index in [1.54, 1.807) is 32.3 Å². The summed E-state index contributed by atoms with van der Waals surface area (Å²) in [6.45, 7) is 5.56. The molecule has 0 saturated heterocycles. The first-order valence-electron chi connectivity index (χ1n) is 12.5. The molecule has 2 aromatic rings. The summed E-state index contributed by atoms with van der Waals surface area (Å²) in [5, 5.41) is 9.11. The zero-order chi connectivity index (χ0) is 27.9. The number of anilines is 3. The van der Waals surface area contributed by atoms with Crippen LogP contribution in [0, 0.1) is 17.8 Å². The van der Waals surface area contributed by atoms with Gasteiger partial charge in [-0.3, -0.25) is 9.59 Å². The van der Waals surface area contributed by atoms with Crippen LogP contribution in [0.25, 0.3) is 0 Å². The Morgan fingerprint density at radius 1 is 1.16 bits per heavy atom. The van der Waals surface area contributed by atoms with Gasteiger partial charge >= 0.3 is 0 Å². The van der Waals surface area contributed by atoms with E-state index in [4.69, 9.17) is 0 Å². The van der Waals surface area contributed by atoms with Gasteiger partial charge in [0, 0.05) is 39.2 Å². The Morgan fingerprint density at radius 3 is 2.63 bits per heavy atom. The van der Waals surface area contributed by atoms with Gasteiger partial charge in [-0.1, -0.05) is 24.8 Å². The van der Waals surface area contributed by atoms with E-state index >= 15 is 0 Å². The maximum absolute atomic E-state index is 13.0. The summed E-state index contributed by atoms with van der Waals surface area (Å²) < 4.78 is 13.0. The highest BCUT2D eigenvalue weighted by molar-refractivity contribution is 5.92. The molecule has 0 spiro atoms. The molecule has 2 heterocycles. The van der Waals surface area contributed by atoms with Crippen molar-refractivity contribution in [2.45, 2.75) is 39.2 Å². The summed E-state index contributed by atoms with van der Waals surface area (Å²) >= 11 is 0. The van der Waals surface area contributed by atoms with Gasteiger partial charge in [-0.05, 0) is 46.0 Å². The number of amides is 2. The fraction of sp³-hybridized carbons (Fsp3) is 0.444. The molecule has 3 N–H and O–H groups in total. The highest BCUT2D eigenvalue weighted by atomic mass is 19.1. The summed E-state index contributed by atoms with van der Waals surface area (Å²) in [5.41, 5.74) is 1.22. The van der Waals surface area contributed by atoms with Crippen molar-refractivity contribution in [1.29, 1.82) is 0 Å². The quantitative estimate of drug-likeness (QED) is 0.159. The number of halogens is 1. The molecule has 0 aliphatic rings. The molecule has 0 aliphatic carbocycles. The monoisotopic (exact) mass is 524 g/mol. The van der Waals surface area contributed by atoms with Crippen molar-refractivity contribution in [1.82, 2.24) is 30.1 Å². The van der Waals surface area contributed by atoms with E-state index in [2.05, 4.69) is 42.7 Å². The van der Waals surface area contributed by atoms with Crippen molar-refractivity contribution in [2.75, 3.05) is 51.4 Å². The van der Waals surface area contributed by atoms with Crippen molar-refractivity contribution in [3.8, 4) is 11.8 Å². The van der Waals surface area contributed by atoms with Gasteiger partial charge in [0.15, 0.2) is 0 Å². The molecule has 0 unspecified atom stereocenters. The van der Waals surface area contributed by atoms with Crippen LogP contribution in [0.15, 0.2) is 36.7 Å². The lowest BCUT2D eigenvalue weighted by atomic mass is 10.2. The molecular weight excluding hydrogens is 487 g/mol. The fourth-order valence-electron chi connectivity index (χ4n) is 3.03. The number of hydrogen-bond acceptors (Lipinski definition) is 8. The first kappa shape index (κ1) is 30.2. The molecule has 0 saturated carbocycles. The average Bonchev–Trinajstić information content (AvgIpc) is 2.90. The summed E-state index contributed by atoms with van der Waals surface area (Å²) in [5.74, 6) is 6.14. The molecule has 1 atom stereocenters. The van der Waals surface area contributed by atoms with E-state index in [1.165, 1.54) is 23.2 Å². The lowest BCUT2D eigenvalue weighted by molar-refractivity contribution is -0.135. The molecular formula is C27H37FN8O2. The van der Waals surface area contributed by atoms with E-state index < -0.39 is 12.0 Å². The highest BCUT2D eigenvalue weighted by Gasteiger charge is 2.20. The second-order valence-corrected chi connectivity index (χ2v) is 8.86. The maximum atomic E-state index is 13.0. The third kappa shape index (κ3) is 10.5. The van der Waals surface area contributed by atoms with E-state index in [0.29, 0.717) is 48.9 Å². The summed E-state index contributed by atoms with van der Waals surface area (Å²) in [6.07, 6.45) is 8.36.